The Kier molecular flexibility index (Phi) is 3.15. The molecule has 0 saturated heterocycles. The number of benzene rings is 1. The second-order valence-corrected chi connectivity index (χ2v) is 4.15. The van der Waals surface area contributed by atoms with E-state index in [2.05, 4.69) is 28.7 Å². The highest BCUT2D eigenvalue weighted by molar-refractivity contribution is 5.66. The molecule has 3 heteroatoms. The Morgan fingerprint density at radius 1 is 1.12 bits per heavy atom. The van der Waals surface area contributed by atoms with Gasteiger partial charge in [0.25, 0.3) is 0 Å². The quantitative estimate of drug-likeness (QED) is 0.724. The van der Waals surface area contributed by atoms with E-state index >= 15 is 0 Å². The molecule has 1 heterocycles. The zero-order chi connectivity index (χ0) is 12.3. The summed E-state index contributed by atoms with van der Waals surface area (Å²) >= 11 is 0. The smallest absolute Gasteiger partial charge is 0.187 e. The van der Waals surface area contributed by atoms with Crippen LogP contribution in [-0.2, 0) is 0 Å². The molecule has 0 aliphatic rings. The Morgan fingerprint density at radius 3 is 2.41 bits per heavy atom. The van der Waals surface area contributed by atoms with E-state index < -0.39 is 0 Å². The molecule has 84 valence electrons. The molecule has 0 bridgehead atoms. The van der Waals surface area contributed by atoms with Gasteiger partial charge in [-0.3, -0.25) is 0 Å². The number of hydrogen-bond donors (Lipinski definition) is 0. The van der Waals surface area contributed by atoms with Gasteiger partial charge in [-0.15, -0.1) is 0 Å². The lowest BCUT2D eigenvalue weighted by molar-refractivity contribution is 0.775. The molecule has 0 saturated carbocycles. The van der Waals surface area contributed by atoms with Crippen molar-refractivity contribution in [3.63, 3.8) is 0 Å². The van der Waals surface area contributed by atoms with Gasteiger partial charge in [-0.1, -0.05) is 32.0 Å². The van der Waals surface area contributed by atoms with Crippen molar-refractivity contribution in [2.45, 2.75) is 19.8 Å². The van der Waals surface area contributed by atoms with Crippen LogP contribution in [0.15, 0.2) is 36.7 Å². The average Bonchev–Trinajstić information content (AvgIpc) is 2.39. The first kappa shape index (κ1) is 11.3. The molecule has 0 N–H and O–H groups in total. The molecular weight excluding hydrogens is 210 g/mol. The molecule has 0 unspecified atom stereocenters. The Labute approximate surface area is 101 Å². The van der Waals surface area contributed by atoms with Crippen molar-refractivity contribution in [1.29, 1.82) is 0 Å². The summed E-state index contributed by atoms with van der Waals surface area (Å²) in [6.07, 6.45) is 3.62. The minimum absolute atomic E-state index is 0.332. The lowest BCUT2D eigenvalue weighted by Gasteiger charge is -2.05. The van der Waals surface area contributed by atoms with Gasteiger partial charge in [0.05, 0.1) is 6.57 Å². The van der Waals surface area contributed by atoms with Crippen LogP contribution in [0.3, 0.4) is 0 Å². The van der Waals surface area contributed by atoms with Gasteiger partial charge in [0.1, 0.15) is 5.82 Å². The molecule has 1 aromatic carbocycles. The fourth-order valence-corrected chi connectivity index (χ4v) is 1.54. The maximum Gasteiger partial charge on any atom is 0.187 e. The zero-order valence-electron chi connectivity index (χ0n) is 9.88. The van der Waals surface area contributed by atoms with Crippen molar-refractivity contribution < 1.29 is 0 Å². The first-order valence-corrected chi connectivity index (χ1v) is 5.50. The summed E-state index contributed by atoms with van der Waals surface area (Å²) in [5.74, 6) is 1.17. The van der Waals surface area contributed by atoms with E-state index in [9.17, 15) is 0 Å². The highest BCUT2D eigenvalue weighted by Gasteiger charge is 2.04. The minimum Gasteiger partial charge on any atom is -0.240 e. The number of aromatic nitrogens is 2. The zero-order valence-corrected chi connectivity index (χ0v) is 9.88. The van der Waals surface area contributed by atoms with Gasteiger partial charge in [0.15, 0.2) is 5.69 Å². The maximum absolute atomic E-state index is 6.99. The molecule has 0 aliphatic heterocycles. The van der Waals surface area contributed by atoms with E-state index in [0.717, 1.165) is 17.0 Å². The van der Waals surface area contributed by atoms with Crippen LogP contribution in [-0.4, -0.2) is 9.97 Å². The van der Waals surface area contributed by atoms with Crippen molar-refractivity contribution in [3.05, 3.63) is 53.9 Å². The van der Waals surface area contributed by atoms with E-state index in [4.69, 9.17) is 6.57 Å². The molecule has 0 spiro atoms. The van der Waals surface area contributed by atoms with Crippen molar-refractivity contribution in [2.75, 3.05) is 0 Å². The fraction of sp³-hybridized carbons (Fsp3) is 0.214. The van der Waals surface area contributed by atoms with Crippen molar-refractivity contribution in [2.24, 2.45) is 0 Å². The van der Waals surface area contributed by atoms with E-state index in [1.807, 2.05) is 30.6 Å². The lowest BCUT2D eigenvalue weighted by atomic mass is 10.1. The Morgan fingerprint density at radius 2 is 1.82 bits per heavy atom. The van der Waals surface area contributed by atoms with Gasteiger partial charge in [-0.2, -0.15) is 0 Å². The molecule has 1 aromatic heterocycles. The Bertz CT molecular complexity index is 550. The highest BCUT2D eigenvalue weighted by atomic mass is 14.9. The third kappa shape index (κ3) is 2.48. The molecule has 0 atom stereocenters. The average molecular weight is 223 g/mol. The van der Waals surface area contributed by atoms with E-state index in [-0.39, 0.29) is 0 Å². The molecule has 0 radical (unpaired) electrons. The Hall–Kier alpha value is -2.21. The number of nitrogens with zero attached hydrogens (tertiary/aromatic N) is 3. The minimum atomic E-state index is 0.332. The first-order valence-electron chi connectivity index (χ1n) is 5.50. The third-order valence-electron chi connectivity index (χ3n) is 2.50. The molecule has 2 aromatic rings. The van der Waals surface area contributed by atoms with Gasteiger partial charge in [-0.25, -0.2) is 14.8 Å². The van der Waals surface area contributed by atoms with Gasteiger partial charge >= 0.3 is 0 Å². The van der Waals surface area contributed by atoms with Crippen LogP contribution in [0.2, 0.25) is 0 Å². The SMILES string of the molecule is [C-]#[N+]c1cccc(-c2cnc(C(C)C)nc2)c1. The monoisotopic (exact) mass is 223 g/mol. The molecule has 0 fully saturated rings. The second kappa shape index (κ2) is 4.75. The summed E-state index contributed by atoms with van der Waals surface area (Å²) in [7, 11) is 0. The van der Waals surface area contributed by atoms with Gasteiger partial charge in [0.2, 0.25) is 0 Å². The molecular formula is C14H13N3. The van der Waals surface area contributed by atoms with Crippen LogP contribution in [0, 0.1) is 6.57 Å². The van der Waals surface area contributed by atoms with E-state index in [1.165, 1.54) is 0 Å². The molecule has 17 heavy (non-hydrogen) atoms. The Balaban J connectivity index is 2.37. The fourth-order valence-electron chi connectivity index (χ4n) is 1.54. The van der Waals surface area contributed by atoms with E-state index in [1.54, 1.807) is 6.07 Å². The maximum atomic E-state index is 6.99. The summed E-state index contributed by atoms with van der Waals surface area (Å²) in [4.78, 5) is 12.1. The summed E-state index contributed by atoms with van der Waals surface area (Å²) in [5, 5.41) is 0. The number of hydrogen-bond acceptors (Lipinski definition) is 2. The number of rotatable bonds is 2. The standard InChI is InChI=1S/C14H13N3/c1-10(2)14-16-8-12(9-17-14)11-5-4-6-13(7-11)15-3/h4-10H,1-2H3. The third-order valence-corrected chi connectivity index (χ3v) is 2.50. The van der Waals surface area contributed by atoms with Crippen molar-refractivity contribution >= 4 is 5.69 Å². The van der Waals surface area contributed by atoms with Crippen LogP contribution in [0.1, 0.15) is 25.6 Å². The van der Waals surface area contributed by atoms with Crippen LogP contribution in [0.4, 0.5) is 5.69 Å². The lowest BCUT2D eigenvalue weighted by Crippen LogP contribution is -1.96. The summed E-state index contributed by atoms with van der Waals surface area (Å²) in [6, 6.07) is 7.47. The predicted octanol–water partition coefficient (Wildman–Crippen LogP) is 3.82. The van der Waals surface area contributed by atoms with Crippen LogP contribution in [0.25, 0.3) is 16.0 Å². The summed E-state index contributed by atoms with van der Waals surface area (Å²) in [5.41, 5.74) is 2.56. The molecule has 0 amide bonds. The topological polar surface area (TPSA) is 30.1 Å². The second-order valence-electron chi connectivity index (χ2n) is 4.15. The van der Waals surface area contributed by atoms with Crippen molar-refractivity contribution in [1.82, 2.24) is 9.97 Å². The highest BCUT2D eigenvalue weighted by Crippen LogP contribution is 2.23. The molecule has 3 nitrogen and oxygen atoms in total. The van der Waals surface area contributed by atoms with Crippen LogP contribution < -0.4 is 0 Å². The van der Waals surface area contributed by atoms with E-state index in [0.29, 0.717) is 11.6 Å². The first-order chi connectivity index (χ1) is 8.20. The predicted molar refractivity (Wildman–Crippen MR) is 67.8 cm³/mol. The van der Waals surface area contributed by atoms with Gasteiger partial charge in [-0.05, 0) is 11.6 Å². The normalized spacial score (nSPS) is 10.2. The summed E-state index contributed by atoms with van der Waals surface area (Å²) < 4.78 is 0. The molecule has 2 rings (SSSR count). The van der Waals surface area contributed by atoms with Gasteiger partial charge in [0, 0.05) is 23.9 Å². The summed E-state index contributed by atoms with van der Waals surface area (Å²) in [6.45, 7) is 11.1. The van der Waals surface area contributed by atoms with Crippen LogP contribution in [0.5, 0.6) is 0 Å². The van der Waals surface area contributed by atoms with Crippen LogP contribution >= 0.6 is 0 Å². The van der Waals surface area contributed by atoms with Gasteiger partial charge < -0.3 is 0 Å². The van der Waals surface area contributed by atoms with Crippen molar-refractivity contribution in [3.8, 4) is 11.1 Å². The largest absolute Gasteiger partial charge is 0.240 e. The molecule has 0 aliphatic carbocycles.